The van der Waals surface area contributed by atoms with Crippen molar-refractivity contribution in [1.82, 2.24) is 15.0 Å². The van der Waals surface area contributed by atoms with Crippen molar-refractivity contribution in [3.8, 4) is 11.5 Å². The first-order chi connectivity index (χ1) is 14.4. The highest BCUT2D eigenvalue weighted by Crippen LogP contribution is 2.29. The van der Waals surface area contributed by atoms with Crippen LogP contribution in [0.25, 0.3) is 10.8 Å². The lowest BCUT2D eigenvalue weighted by Gasteiger charge is -2.20. The van der Waals surface area contributed by atoms with Crippen molar-refractivity contribution >= 4 is 36.3 Å². The Labute approximate surface area is 179 Å². The van der Waals surface area contributed by atoms with Crippen LogP contribution < -0.4 is 15.5 Å². The molecule has 3 aromatic rings. The molecule has 1 aliphatic heterocycles. The molecule has 0 bridgehead atoms. The topological polar surface area (TPSA) is 66.0 Å². The van der Waals surface area contributed by atoms with E-state index in [1.54, 1.807) is 12.4 Å². The van der Waals surface area contributed by atoms with Gasteiger partial charge in [0.15, 0.2) is 0 Å². The fourth-order valence-electron chi connectivity index (χ4n) is 3.55. The lowest BCUT2D eigenvalue weighted by Crippen LogP contribution is -2.27. The van der Waals surface area contributed by atoms with Gasteiger partial charge < -0.3 is 15.5 Å². The fourth-order valence-corrected chi connectivity index (χ4v) is 4.07. The summed E-state index contributed by atoms with van der Waals surface area (Å²) in [6.07, 6.45) is 6.52. The standard InChI is InChI=1S/C23H28N6Si/c1-24-19-5-6-21-18(13-19)7-10-25-22(21)29-11-8-20(16-29)28-23-26-14-17(15-27-23)9-12-30(2,3)4/h5-7,10,13-15,20,24H,8,11,16H2,1-4H3,(H,26,27,28). The zero-order chi connectivity index (χ0) is 21.1. The molecule has 154 valence electrons. The lowest BCUT2D eigenvalue weighted by molar-refractivity contribution is 0.791. The molecule has 1 saturated heterocycles. The first-order valence-corrected chi connectivity index (χ1v) is 13.8. The lowest BCUT2D eigenvalue weighted by atomic mass is 10.1. The van der Waals surface area contributed by atoms with Gasteiger partial charge in [0.05, 0.1) is 5.56 Å². The molecule has 0 saturated carbocycles. The average Bonchev–Trinajstić information content (AvgIpc) is 3.20. The molecule has 2 N–H and O–H groups in total. The molecule has 0 spiro atoms. The molecule has 1 unspecified atom stereocenters. The van der Waals surface area contributed by atoms with Gasteiger partial charge in [-0.3, -0.25) is 0 Å². The predicted molar refractivity (Wildman–Crippen MR) is 128 cm³/mol. The second-order valence-corrected chi connectivity index (χ2v) is 13.4. The summed E-state index contributed by atoms with van der Waals surface area (Å²) in [5.74, 6) is 4.89. The Balaban J connectivity index is 1.44. The van der Waals surface area contributed by atoms with Gasteiger partial charge in [-0.15, -0.1) is 5.54 Å². The Hall–Kier alpha value is -3.11. The van der Waals surface area contributed by atoms with E-state index in [0.29, 0.717) is 5.95 Å². The monoisotopic (exact) mass is 416 g/mol. The number of benzene rings is 1. The van der Waals surface area contributed by atoms with Crippen molar-refractivity contribution in [2.75, 3.05) is 35.7 Å². The third-order valence-corrected chi connectivity index (χ3v) is 5.96. The number of aromatic nitrogens is 3. The Morgan fingerprint density at radius 2 is 1.90 bits per heavy atom. The zero-order valence-electron chi connectivity index (χ0n) is 18.0. The Morgan fingerprint density at radius 3 is 2.63 bits per heavy atom. The van der Waals surface area contributed by atoms with E-state index in [0.717, 1.165) is 36.6 Å². The number of hydrogen-bond acceptors (Lipinski definition) is 6. The van der Waals surface area contributed by atoms with E-state index in [2.05, 4.69) is 85.9 Å². The van der Waals surface area contributed by atoms with Crippen LogP contribution >= 0.6 is 0 Å². The molecule has 3 heterocycles. The van der Waals surface area contributed by atoms with Crippen molar-refractivity contribution in [3.05, 3.63) is 48.4 Å². The summed E-state index contributed by atoms with van der Waals surface area (Å²) in [6, 6.07) is 8.75. The van der Waals surface area contributed by atoms with E-state index in [1.807, 2.05) is 13.2 Å². The highest BCUT2D eigenvalue weighted by molar-refractivity contribution is 6.83. The van der Waals surface area contributed by atoms with Crippen LogP contribution in [0.1, 0.15) is 12.0 Å². The molecule has 2 aromatic heterocycles. The second-order valence-electron chi connectivity index (χ2n) is 8.69. The van der Waals surface area contributed by atoms with Gasteiger partial charge in [-0.05, 0) is 36.1 Å². The van der Waals surface area contributed by atoms with Gasteiger partial charge in [-0.25, -0.2) is 15.0 Å². The van der Waals surface area contributed by atoms with Gasteiger partial charge in [0.1, 0.15) is 13.9 Å². The number of rotatable bonds is 4. The number of fused-ring (bicyclic) bond motifs is 1. The van der Waals surface area contributed by atoms with E-state index >= 15 is 0 Å². The van der Waals surface area contributed by atoms with Crippen LogP contribution in [0, 0.1) is 11.5 Å². The minimum atomic E-state index is -1.40. The van der Waals surface area contributed by atoms with Crippen molar-refractivity contribution in [2.24, 2.45) is 0 Å². The number of nitrogens with one attached hydrogen (secondary N) is 2. The zero-order valence-corrected chi connectivity index (χ0v) is 19.0. The summed E-state index contributed by atoms with van der Waals surface area (Å²) in [5, 5.41) is 9.04. The predicted octanol–water partition coefficient (Wildman–Crippen LogP) is 3.99. The molecule has 1 aromatic carbocycles. The summed E-state index contributed by atoms with van der Waals surface area (Å²) < 4.78 is 0. The number of hydrogen-bond donors (Lipinski definition) is 2. The molecule has 1 atom stereocenters. The van der Waals surface area contributed by atoms with Crippen LogP contribution in [0.5, 0.6) is 0 Å². The van der Waals surface area contributed by atoms with E-state index in [9.17, 15) is 0 Å². The van der Waals surface area contributed by atoms with Crippen molar-refractivity contribution < 1.29 is 0 Å². The molecule has 6 nitrogen and oxygen atoms in total. The molecule has 1 fully saturated rings. The van der Waals surface area contributed by atoms with Gasteiger partial charge >= 0.3 is 0 Å². The maximum atomic E-state index is 4.67. The molecule has 0 amide bonds. The van der Waals surface area contributed by atoms with Crippen LogP contribution in [-0.2, 0) is 0 Å². The van der Waals surface area contributed by atoms with E-state index in [-0.39, 0.29) is 6.04 Å². The smallest absolute Gasteiger partial charge is 0.222 e. The highest BCUT2D eigenvalue weighted by atomic mass is 28.3. The third kappa shape index (κ3) is 4.71. The second kappa shape index (κ2) is 8.32. The van der Waals surface area contributed by atoms with Crippen LogP contribution in [0.4, 0.5) is 17.5 Å². The Bertz CT molecular complexity index is 1090. The van der Waals surface area contributed by atoms with Crippen LogP contribution in [0.2, 0.25) is 19.6 Å². The quantitative estimate of drug-likeness (QED) is 0.495. The van der Waals surface area contributed by atoms with Gasteiger partial charge in [-0.1, -0.05) is 25.6 Å². The minimum absolute atomic E-state index is 0.289. The molecular formula is C23H28N6Si. The maximum Gasteiger partial charge on any atom is 0.222 e. The molecule has 1 aliphatic rings. The third-order valence-electron chi connectivity index (χ3n) is 5.09. The summed E-state index contributed by atoms with van der Waals surface area (Å²) in [7, 11) is 0.543. The van der Waals surface area contributed by atoms with E-state index in [1.165, 1.54) is 10.8 Å². The number of nitrogens with zero attached hydrogens (tertiary/aromatic N) is 4. The highest BCUT2D eigenvalue weighted by Gasteiger charge is 2.25. The Morgan fingerprint density at radius 1 is 1.10 bits per heavy atom. The largest absolute Gasteiger partial charge is 0.388 e. The average molecular weight is 417 g/mol. The van der Waals surface area contributed by atoms with Gasteiger partial charge in [0.25, 0.3) is 0 Å². The SMILES string of the molecule is CNc1ccc2c(N3CCC(Nc4ncc(C#C[Si](C)(C)C)cn4)C3)nccc2c1. The molecule has 0 radical (unpaired) electrons. The van der Waals surface area contributed by atoms with Crippen molar-refractivity contribution in [3.63, 3.8) is 0 Å². The van der Waals surface area contributed by atoms with Crippen LogP contribution in [0.3, 0.4) is 0 Å². The Kier molecular flexibility index (Phi) is 5.60. The normalized spacial score (nSPS) is 16.3. The van der Waals surface area contributed by atoms with E-state index < -0.39 is 8.07 Å². The van der Waals surface area contributed by atoms with Crippen LogP contribution in [0.15, 0.2) is 42.9 Å². The minimum Gasteiger partial charge on any atom is -0.388 e. The van der Waals surface area contributed by atoms with Gasteiger partial charge in [-0.2, -0.15) is 0 Å². The molecule has 7 heteroatoms. The molecule has 30 heavy (non-hydrogen) atoms. The molecule has 0 aliphatic carbocycles. The van der Waals surface area contributed by atoms with Gasteiger partial charge in [0.2, 0.25) is 5.95 Å². The molecule has 4 rings (SSSR count). The first kappa shape index (κ1) is 20.2. The number of pyridine rings is 1. The van der Waals surface area contributed by atoms with Crippen molar-refractivity contribution in [1.29, 1.82) is 0 Å². The molecular weight excluding hydrogens is 388 g/mol. The van der Waals surface area contributed by atoms with Crippen molar-refractivity contribution in [2.45, 2.75) is 32.1 Å². The van der Waals surface area contributed by atoms with E-state index in [4.69, 9.17) is 0 Å². The first-order valence-electron chi connectivity index (χ1n) is 10.3. The maximum absolute atomic E-state index is 4.67. The summed E-state index contributed by atoms with van der Waals surface area (Å²) in [6.45, 7) is 8.52. The fraction of sp³-hybridized carbons (Fsp3) is 0.348. The van der Waals surface area contributed by atoms with Gasteiger partial charge in [0, 0.05) is 55.8 Å². The summed E-state index contributed by atoms with van der Waals surface area (Å²) >= 11 is 0. The summed E-state index contributed by atoms with van der Waals surface area (Å²) in [5.41, 5.74) is 5.33. The van der Waals surface area contributed by atoms with Crippen LogP contribution in [-0.4, -0.2) is 49.2 Å². The number of anilines is 3. The summed E-state index contributed by atoms with van der Waals surface area (Å²) in [4.78, 5) is 15.9.